The fourth-order valence-corrected chi connectivity index (χ4v) is 5.63. The molecule has 0 aliphatic heterocycles. The molecule has 0 spiro atoms. The van der Waals surface area contributed by atoms with Crippen LogP contribution < -0.4 is 0 Å². The van der Waals surface area contributed by atoms with Gasteiger partial charge in [-0.25, -0.2) is 8.61 Å². The number of nitrogens with zero attached hydrogens (tertiary/aromatic N) is 2. The Labute approximate surface area is 139 Å². The molecule has 0 N–H and O–H groups in total. The maximum Gasteiger partial charge on any atom is 0.0345 e. The second-order valence-electron chi connectivity index (χ2n) is 4.76. The van der Waals surface area contributed by atoms with Gasteiger partial charge in [-0.05, 0) is 25.2 Å². The highest BCUT2D eigenvalue weighted by atomic mass is 33.5. The van der Waals surface area contributed by atoms with Crippen LogP contribution in [0.5, 0.6) is 0 Å². The van der Waals surface area contributed by atoms with Crippen molar-refractivity contribution in [3.8, 4) is 0 Å². The van der Waals surface area contributed by atoms with E-state index < -0.39 is 0 Å². The lowest BCUT2D eigenvalue weighted by atomic mass is 10.2. The van der Waals surface area contributed by atoms with Crippen molar-refractivity contribution >= 4 is 31.8 Å². The highest BCUT2D eigenvalue weighted by Gasteiger charge is 2.05. The van der Waals surface area contributed by atoms with Crippen molar-refractivity contribution in [3.05, 3.63) is 71.8 Å². The monoisotopic (exact) mass is 336 g/mol. The summed E-state index contributed by atoms with van der Waals surface area (Å²) in [5.41, 5.74) is 2.69. The van der Waals surface area contributed by atoms with Gasteiger partial charge in [-0.15, -0.1) is 0 Å². The van der Waals surface area contributed by atoms with Crippen molar-refractivity contribution in [2.24, 2.45) is 0 Å². The third-order valence-electron chi connectivity index (χ3n) is 2.81. The first-order chi connectivity index (χ1) is 10.2. The van der Waals surface area contributed by atoms with Gasteiger partial charge < -0.3 is 0 Å². The first kappa shape index (κ1) is 16.8. The predicted octanol–water partition coefficient (Wildman–Crippen LogP) is 5.11. The molecule has 0 radical (unpaired) electrons. The summed E-state index contributed by atoms with van der Waals surface area (Å²) in [6, 6.07) is 21.1. The molecule has 2 nitrogen and oxygen atoms in total. The topological polar surface area (TPSA) is 6.48 Å². The summed E-state index contributed by atoms with van der Waals surface area (Å²) in [6.07, 6.45) is 0. The average Bonchev–Trinajstić information content (AvgIpc) is 2.49. The summed E-state index contributed by atoms with van der Waals surface area (Å²) >= 11 is 0. The fraction of sp³-hybridized carbons (Fsp3) is 0.250. The molecule has 0 aromatic heterocycles. The van der Waals surface area contributed by atoms with Crippen LogP contribution in [-0.2, 0) is 13.1 Å². The summed E-state index contributed by atoms with van der Waals surface area (Å²) in [4.78, 5) is 0. The lowest BCUT2D eigenvalue weighted by Gasteiger charge is -2.17. The Morgan fingerprint density at radius 1 is 0.667 bits per heavy atom. The zero-order valence-corrected chi connectivity index (χ0v) is 14.8. The summed E-state index contributed by atoms with van der Waals surface area (Å²) in [6.45, 7) is 1.92. The van der Waals surface area contributed by atoms with Gasteiger partial charge in [0.2, 0.25) is 0 Å². The van der Waals surface area contributed by atoms with E-state index in [4.69, 9.17) is 0 Å². The Balaban J connectivity index is 1.64. The molecule has 0 heterocycles. The van der Waals surface area contributed by atoms with Crippen LogP contribution in [0.1, 0.15) is 11.1 Å². The van der Waals surface area contributed by atoms with Gasteiger partial charge in [-0.1, -0.05) is 60.7 Å². The third-order valence-corrected chi connectivity index (χ3v) is 6.69. The van der Waals surface area contributed by atoms with Crippen molar-refractivity contribution in [3.63, 3.8) is 0 Å². The standard InChI is InChI=1S/C16H20N2S3/c1-17(13-15-9-5-3-6-10-15)19-21-20-18(2)14-16-11-7-4-8-12-16/h3-12H,13-14H2,1-2H3. The number of hydrogen-bond acceptors (Lipinski definition) is 5. The summed E-state index contributed by atoms with van der Waals surface area (Å²) in [5.74, 6) is 0. The van der Waals surface area contributed by atoms with Crippen LogP contribution in [0.2, 0.25) is 0 Å². The molecule has 5 heteroatoms. The normalized spacial score (nSPS) is 11.2. The van der Waals surface area contributed by atoms with Crippen LogP contribution in [-0.4, -0.2) is 22.7 Å². The van der Waals surface area contributed by atoms with Gasteiger partial charge in [0.1, 0.15) is 0 Å². The van der Waals surface area contributed by atoms with Crippen LogP contribution in [0, 0.1) is 0 Å². The van der Waals surface area contributed by atoms with Gasteiger partial charge >= 0.3 is 0 Å². The van der Waals surface area contributed by atoms with Crippen molar-refractivity contribution in [2.75, 3.05) is 14.1 Å². The summed E-state index contributed by atoms with van der Waals surface area (Å²) in [5, 5.41) is 0. The molecule has 0 saturated heterocycles. The van der Waals surface area contributed by atoms with Crippen molar-refractivity contribution in [1.82, 2.24) is 8.61 Å². The first-order valence-corrected chi connectivity index (χ1v) is 10.2. The van der Waals surface area contributed by atoms with Crippen molar-refractivity contribution in [1.29, 1.82) is 0 Å². The van der Waals surface area contributed by atoms with E-state index in [9.17, 15) is 0 Å². The van der Waals surface area contributed by atoms with Gasteiger partial charge in [-0.3, -0.25) is 0 Å². The number of hydrogen-bond donors (Lipinski definition) is 0. The molecule has 0 aliphatic carbocycles. The van der Waals surface area contributed by atoms with E-state index in [0.717, 1.165) is 13.1 Å². The van der Waals surface area contributed by atoms with E-state index in [1.165, 1.54) is 11.1 Å². The molecule has 2 aromatic rings. The molecule has 0 saturated carbocycles. The molecule has 2 aromatic carbocycles. The van der Waals surface area contributed by atoms with Crippen LogP contribution in [0.3, 0.4) is 0 Å². The van der Waals surface area contributed by atoms with Gasteiger partial charge in [0.25, 0.3) is 0 Å². The van der Waals surface area contributed by atoms with Gasteiger partial charge in [0.05, 0.1) is 0 Å². The summed E-state index contributed by atoms with van der Waals surface area (Å²) < 4.78 is 4.51. The average molecular weight is 337 g/mol. The highest BCUT2D eigenvalue weighted by molar-refractivity contribution is 9.08. The molecule has 112 valence electrons. The Morgan fingerprint density at radius 2 is 1.05 bits per heavy atom. The van der Waals surface area contributed by atoms with E-state index >= 15 is 0 Å². The lowest BCUT2D eigenvalue weighted by Crippen LogP contribution is -2.08. The second-order valence-corrected chi connectivity index (χ2v) is 8.97. The predicted molar refractivity (Wildman–Crippen MR) is 98.6 cm³/mol. The van der Waals surface area contributed by atoms with Gasteiger partial charge in [0, 0.05) is 44.9 Å². The largest absolute Gasteiger partial charge is 0.239 e. The van der Waals surface area contributed by atoms with Crippen molar-refractivity contribution < 1.29 is 0 Å². The third kappa shape index (κ3) is 6.80. The Hall–Kier alpha value is -0.590. The number of rotatable bonds is 8. The SMILES string of the molecule is CN(Cc1ccccc1)SSSN(C)Cc1ccccc1. The maximum atomic E-state index is 2.25. The zero-order chi connectivity index (χ0) is 14.9. The zero-order valence-electron chi connectivity index (χ0n) is 12.3. The molecular weight excluding hydrogens is 316 g/mol. The quantitative estimate of drug-likeness (QED) is 0.487. The van der Waals surface area contributed by atoms with E-state index in [1.54, 1.807) is 31.8 Å². The molecule has 0 fully saturated rings. The summed E-state index contributed by atoms with van der Waals surface area (Å²) in [7, 11) is 9.61. The molecule has 0 bridgehead atoms. The molecule has 0 unspecified atom stereocenters. The smallest absolute Gasteiger partial charge is 0.0345 e. The first-order valence-electron chi connectivity index (χ1n) is 6.75. The molecular formula is C16H20N2S3. The van der Waals surface area contributed by atoms with E-state index in [0.29, 0.717) is 0 Å². The molecule has 0 aliphatic rings. The van der Waals surface area contributed by atoms with E-state index in [2.05, 4.69) is 83.4 Å². The Morgan fingerprint density at radius 3 is 1.43 bits per heavy atom. The highest BCUT2D eigenvalue weighted by Crippen LogP contribution is 2.38. The van der Waals surface area contributed by atoms with Gasteiger partial charge in [0.15, 0.2) is 0 Å². The molecule has 0 amide bonds. The lowest BCUT2D eigenvalue weighted by molar-refractivity contribution is 0.569. The second kappa shape index (κ2) is 9.43. The molecule has 0 atom stereocenters. The van der Waals surface area contributed by atoms with E-state index in [1.807, 2.05) is 0 Å². The van der Waals surface area contributed by atoms with Gasteiger partial charge in [-0.2, -0.15) is 0 Å². The van der Waals surface area contributed by atoms with E-state index in [-0.39, 0.29) is 0 Å². The minimum absolute atomic E-state index is 0.960. The van der Waals surface area contributed by atoms with Crippen LogP contribution in [0.4, 0.5) is 0 Å². The maximum absolute atomic E-state index is 2.25. The minimum atomic E-state index is 0.960. The Kier molecular flexibility index (Phi) is 7.53. The van der Waals surface area contributed by atoms with Crippen LogP contribution >= 0.6 is 31.8 Å². The van der Waals surface area contributed by atoms with Crippen molar-refractivity contribution in [2.45, 2.75) is 13.1 Å². The Bertz CT molecular complexity index is 460. The number of benzene rings is 2. The molecule has 2 rings (SSSR count). The minimum Gasteiger partial charge on any atom is -0.239 e. The molecule has 21 heavy (non-hydrogen) atoms. The fourth-order valence-electron chi connectivity index (χ4n) is 1.85. The van der Waals surface area contributed by atoms with Crippen LogP contribution in [0.15, 0.2) is 60.7 Å². The van der Waals surface area contributed by atoms with Crippen LogP contribution in [0.25, 0.3) is 0 Å².